The van der Waals surface area contributed by atoms with Crippen LogP contribution in [0.5, 0.6) is 0 Å². The first-order valence-corrected chi connectivity index (χ1v) is 8.82. The van der Waals surface area contributed by atoms with Crippen LogP contribution < -0.4 is 5.32 Å². The number of likely N-dealkylation sites (tertiary alicyclic amines) is 1. The number of amides is 1. The Bertz CT molecular complexity index is 682. The Morgan fingerprint density at radius 1 is 1.48 bits per heavy atom. The fourth-order valence-corrected chi connectivity index (χ4v) is 3.50. The minimum atomic E-state index is -0.0847. The second-order valence-corrected chi connectivity index (χ2v) is 6.82. The van der Waals surface area contributed by atoms with Crippen LogP contribution in [-0.4, -0.2) is 42.0 Å². The van der Waals surface area contributed by atoms with Crippen molar-refractivity contribution in [2.24, 2.45) is 5.92 Å². The average molecular weight is 334 g/mol. The quantitative estimate of drug-likeness (QED) is 0.847. The van der Waals surface area contributed by atoms with Crippen LogP contribution in [0.25, 0.3) is 10.9 Å². The van der Waals surface area contributed by atoms with Gasteiger partial charge in [0.15, 0.2) is 0 Å². The highest BCUT2D eigenvalue weighted by Crippen LogP contribution is 2.23. The van der Waals surface area contributed by atoms with Gasteiger partial charge in [-0.25, -0.2) is 0 Å². The van der Waals surface area contributed by atoms with Crippen LogP contribution >= 0.6 is 11.6 Å². The molecule has 1 saturated heterocycles. The van der Waals surface area contributed by atoms with E-state index in [1.165, 1.54) is 19.4 Å². The molecule has 1 amide bonds. The van der Waals surface area contributed by atoms with Crippen molar-refractivity contribution < 1.29 is 4.79 Å². The molecule has 1 fully saturated rings. The summed E-state index contributed by atoms with van der Waals surface area (Å²) in [5.74, 6) is 0.460. The predicted octanol–water partition coefficient (Wildman–Crippen LogP) is 3.67. The number of rotatable bonds is 6. The number of nitrogens with one attached hydrogen (secondary N) is 2. The Morgan fingerprint density at radius 3 is 3.17 bits per heavy atom. The van der Waals surface area contributed by atoms with Crippen molar-refractivity contribution in [2.75, 3.05) is 26.2 Å². The predicted molar refractivity (Wildman–Crippen MR) is 95.1 cm³/mol. The molecule has 1 unspecified atom stereocenters. The molecule has 1 aliphatic heterocycles. The average Bonchev–Trinajstić information content (AvgIpc) is 3.18. The van der Waals surface area contributed by atoms with Gasteiger partial charge in [-0.15, -0.1) is 0 Å². The topological polar surface area (TPSA) is 48.1 Å². The number of benzene rings is 1. The molecule has 5 heteroatoms. The molecular weight excluding hydrogens is 310 g/mol. The molecule has 0 saturated carbocycles. The zero-order valence-corrected chi connectivity index (χ0v) is 14.3. The lowest BCUT2D eigenvalue weighted by Crippen LogP contribution is -2.31. The first kappa shape index (κ1) is 16.3. The number of halogens is 1. The number of hydrogen-bond donors (Lipinski definition) is 2. The van der Waals surface area contributed by atoms with E-state index in [1.54, 1.807) is 0 Å². The van der Waals surface area contributed by atoms with E-state index in [2.05, 4.69) is 22.1 Å². The molecule has 2 heterocycles. The molecule has 0 bridgehead atoms. The molecule has 0 aliphatic carbocycles. The summed E-state index contributed by atoms with van der Waals surface area (Å²) in [4.78, 5) is 18.0. The van der Waals surface area contributed by atoms with Gasteiger partial charge in [-0.2, -0.15) is 0 Å². The lowest BCUT2D eigenvalue weighted by molar-refractivity contribution is 0.0947. The molecule has 1 aromatic heterocycles. The van der Waals surface area contributed by atoms with E-state index in [9.17, 15) is 4.79 Å². The van der Waals surface area contributed by atoms with Crippen LogP contribution in [0.1, 0.15) is 36.5 Å². The molecular formula is C18H24ClN3O. The summed E-state index contributed by atoms with van der Waals surface area (Å²) in [6.07, 6.45) is 5.50. The fourth-order valence-electron chi connectivity index (χ4n) is 3.24. The van der Waals surface area contributed by atoms with Gasteiger partial charge in [0.25, 0.3) is 5.91 Å². The maximum atomic E-state index is 12.4. The van der Waals surface area contributed by atoms with Gasteiger partial charge in [-0.1, -0.05) is 24.9 Å². The van der Waals surface area contributed by atoms with E-state index in [1.807, 2.05) is 24.4 Å². The molecule has 4 nitrogen and oxygen atoms in total. The molecule has 1 aromatic carbocycles. The third kappa shape index (κ3) is 3.88. The van der Waals surface area contributed by atoms with Crippen LogP contribution in [0.4, 0.5) is 0 Å². The number of carbonyl (C=O) groups excluding carboxylic acids is 1. The summed E-state index contributed by atoms with van der Waals surface area (Å²) in [5.41, 5.74) is 1.48. The molecule has 2 aromatic rings. The molecule has 0 radical (unpaired) electrons. The van der Waals surface area contributed by atoms with Gasteiger partial charge in [-0.3, -0.25) is 4.79 Å². The summed E-state index contributed by atoms with van der Waals surface area (Å²) in [6.45, 7) is 6.36. The van der Waals surface area contributed by atoms with Crippen molar-refractivity contribution in [1.82, 2.24) is 15.2 Å². The third-order valence-electron chi connectivity index (χ3n) is 4.63. The summed E-state index contributed by atoms with van der Waals surface area (Å²) in [7, 11) is 0. The Kier molecular flexibility index (Phi) is 5.23. The maximum Gasteiger partial charge on any atom is 0.252 e. The van der Waals surface area contributed by atoms with Crippen LogP contribution in [0.3, 0.4) is 0 Å². The van der Waals surface area contributed by atoms with Gasteiger partial charge in [0.1, 0.15) is 0 Å². The second kappa shape index (κ2) is 7.37. The highest BCUT2D eigenvalue weighted by atomic mass is 35.5. The monoisotopic (exact) mass is 333 g/mol. The van der Waals surface area contributed by atoms with Crippen molar-refractivity contribution >= 4 is 28.4 Å². The third-order valence-corrected chi connectivity index (χ3v) is 4.95. The number of aromatic nitrogens is 1. The lowest BCUT2D eigenvalue weighted by Gasteiger charge is -2.16. The molecule has 3 rings (SSSR count). The van der Waals surface area contributed by atoms with Crippen molar-refractivity contribution in [1.29, 1.82) is 0 Å². The normalized spacial score (nSPS) is 18.6. The number of carbonyl (C=O) groups is 1. The maximum absolute atomic E-state index is 12.4. The largest absolute Gasteiger partial charge is 0.361 e. The highest BCUT2D eigenvalue weighted by Gasteiger charge is 2.22. The van der Waals surface area contributed by atoms with Gasteiger partial charge >= 0.3 is 0 Å². The van der Waals surface area contributed by atoms with Crippen molar-refractivity contribution in [3.8, 4) is 0 Å². The second-order valence-electron chi connectivity index (χ2n) is 6.42. The Labute approximate surface area is 142 Å². The summed E-state index contributed by atoms with van der Waals surface area (Å²) >= 11 is 6.25. The van der Waals surface area contributed by atoms with Gasteiger partial charge in [0.05, 0.1) is 10.6 Å². The number of fused-ring (bicyclic) bond motifs is 1. The van der Waals surface area contributed by atoms with E-state index in [0.29, 0.717) is 16.5 Å². The molecule has 124 valence electrons. The molecule has 23 heavy (non-hydrogen) atoms. The highest BCUT2D eigenvalue weighted by molar-refractivity contribution is 6.34. The summed E-state index contributed by atoms with van der Waals surface area (Å²) in [6, 6.07) is 5.62. The van der Waals surface area contributed by atoms with E-state index in [4.69, 9.17) is 11.6 Å². The molecule has 1 aliphatic rings. The van der Waals surface area contributed by atoms with Gasteiger partial charge < -0.3 is 15.2 Å². The van der Waals surface area contributed by atoms with Gasteiger partial charge in [0.2, 0.25) is 0 Å². The molecule has 2 N–H and O–H groups in total. The van der Waals surface area contributed by atoms with Gasteiger partial charge in [0, 0.05) is 30.2 Å². The molecule has 1 atom stereocenters. The van der Waals surface area contributed by atoms with Crippen LogP contribution in [0.2, 0.25) is 5.02 Å². The van der Waals surface area contributed by atoms with E-state index >= 15 is 0 Å². The Morgan fingerprint density at radius 2 is 2.35 bits per heavy atom. The minimum absolute atomic E-state index is 0.0847. The van der Waals surface area contributed by atoms with Crippen LogP contribution in [-0.2, 0) is 0 Å². The van der Waals surface area contributed by atoms with Crippen molar-refractivity contribution in [3.63, 3.8) is 0 Å². The number of H-pyrrole nitrogens is 1. The minimum Gasteiger partial charge on any atom is -0.361 e. The number of hydrogen-bond acceptors (Lipinski definition) is 2. The zero-order valence-electron chi connectivity index (χ0n) is 13.6. The zero-order chi connectivity index (χ0) is 16.2. The van der Waals surface area contributed by atoms with Crippen molar-refractivity contribution in [3.05, 3.63) is 35.0 Å². The number of nitrogens with zero attached hydrogens (tertiary/aromatic N) is 1. The van der Waals surface area contributed by atoms with E-state index in [-0.39, 0.29) is 5.91 Å². The summed E-state index contributed by atoms with van der Waals surface area (Å²) in [5, 5.41) is 4.58. The van der Waals surface area contributed by atoms with Gasteiger partial charge in [-0.05, 0) is 50.0 Å². The SMILES string of the molecule is CCCCN1CCC(CNC(=O)c2cc3[nH]ccc3cc2Cl)C1. The summed E-state index contributed by atoms with van der Waals surface area (Å²) < 4.78 is 0. The fraction of sp³-hybridized carbons (Fsp3) is 0.500. The lowest BCUT2D eigenvalue weighted by atomic mass is 10.1. The van der Waals surface area contributed by atoms with E-state index in [0.717, 1.165) is 37.0 Å². The number of unbranched alkanes of at least 4 members (excludes halogenated alkanes) is 1. The number of aromatic amines is 1. The first-order valence-electron chi connectivity index (χ1n) is 8.44. The smallest absolute Gasteiger partial charge is 0.252 e. The first-order chi connectivity index (χ1) is 11.2. The van der Waals surface area contributed by atoms with E-state index < -0.39 is 0 Å². The molecule has 0 spiro atoms. The van der Waals surface area contributed by atoms with Crippen LogP contribution in [0.15, 0.2) is 24.4 Å². The Hall–Kier alpha value is -1.52. The standard InChI is InChI=1S/C18H24ClN3O/c1-2-3-7-22-8-5-13(12-22)11-21-18(23)15-10-17-14(4-6-20-17)9-16(15)19/h4,6,9-10,13,20H,2-3,5,7-8,11-12H2,1H3,(H,21,23). The van der Waals surface area contributed by atoms with Crippen LogP contribution in [0, 0.1) is 5.92 Å². The van der Waals surface area contributed by atoms with Crippen molar-refractivity contribution in [2.45, 2.75) is 26.2 Å². The Balaban J connectivity index is 1.55.